The fourth-order valence-corrected chi connectivity index (χ4v) is 3.45. The van der Waals surface area contributed by atoms with Crippen molar-refractivity contribution in [3.63, 3.8) is 0 Å². The number of hydrogen-bond acceptors (Lipinski definition) is 9. The summed E-state index contributed by atoms with van der Waals surface area (Å²) in [6.45, 7) is 6.84. The number of alkyl halides is 3. The van der Waals surface area contributed by atoms with E-state index in [2.05, 4.69) is 36.0 Å². The summed E-state index contributed by atoms with van der Waals surface area (Å²) in [5.41, 5.74) is -0.457. The Labute approximate surface area is 199 Å². The number of ether oxygens (including phenoxy) is 1. The summed E-state index contributed by atoms with van der Waals surface area (Å²) in [5, 5.41) is 33.0. The van der Waals surface area contributed by atoms with Crippen molar-refractivity contribution in [2.45, 2.75) is 76.5 Å². The van der Waals surface area contributed by atoms with E-state index in [4.69, 9.17) is 14.6 Å². The van der Waals surface area contributed by atoms with Crippen molar-refractivity contribution in [2.24, 2.45) is 7.05 Å². The molecule has 0 bridgehead atoms. The molecule has 4 rings (SSSR count). The topological polar surface area (TPSA) is 165 Å². The number of nitrogens with zero attached hydrogens (tertiary/aromatic N) is 8. The molecule has 2 aromatic heterocycles. The van der Waals surface area contributed by atoms with Gasteiger partial charge in [0.2, 0.25) is 0 Å². The molecule has 0 aromatic carbocycles. The summed E-state index contributed by atoms with van der Waals surface area (Å²) >= 11 is 0. The van der Waals surface area contributed by atoms with Crippen LogP contribution in [0.15, 0.2) is 0 Å². The number of aliphatic carboxylic acids is 1. The Morgan fingerprint density at radius 3 is 2.14 bits per heavy atom. The van der Waals surface area contributed by atoms with E-state index in [9.17, 15) is 18.0 Å². The number of H-pyrrole nitrogens is 1. The second kappa shape index (κ2) is 11.9. The molecule has 2 fully saturated rings. The van der Waals surface area contributed by atoms with Crippen LogP contribution in [0, 0.1) is 0 Å². The number of amides is 1. The first-order chi connectivity index (χ1) is 16.3. The highest BCUT2D eigenvalue weighted by molar-refractivity contribution is 5.73. The van der Waals surface area contributed by atoms with E-state index in [0.717, 1.165) is 12.2 Å². The lowest BCUT2D eigenvalue weighted by atomic mass is 10.1. The molecule has 2 aromatic rings. The molecule has 16 heteroatoms. The highest BCUT2D eigenvalue weighted by Crippen LogP contribution is 2.31. The molecule has 3 heterocycles. The smallest absolute Gasteiger partial charge is 0.475 e. The number of carboxylic acids is 1. The maximum atomic E-state index is 11.8. The molecule has 0 radical (unpaired) electrons. The fourth-order valence-electron chi connectivity index (χ4n) is 3.45. The monoisotopic (exact) mass is 505 g/mol. The van der Waals surface area contributed by atoms with Crippen molar-refractivity contribution < 1.29 is 32.6 Å². The van der Waals surface area contributed by atoms with Gasteiger partial charge < -0.3 is 14.7 Å². The van der Waals surface area contributed by atoms with Gasteiger partial charge in [-0.3, -0.25) is 0 Å². The Balaban J connectivity index is 0.000000206. The maximum Gasteiger partial charge on any atom is 0.490 e. The van der Waals surface area contributed by atoms with Crippen molar-refractivity contribution in [2.75, 3.05) is 13.1 Å². The summed E-state index contributed by atoms with van der Waals surface area (Å²) in [5.74, 6) is -0.418. The quantitative estimate of drug-likeness (QED) is 0.619. The Morgan fingerprint density at radius 2 is 1.69 bits per heavy atom. The fraction of sp³-hybridized carbons (Fsp3) is 0.789. The second-order valence-electron chi connectivity index (χ2n) is 9.10. The predicted octanol–water partition coefficient (Wildman–Crippen LogP) is 2.43. The Hall–Kier alpha value is -3.33. The first-order valence-electron chi connectivity index (χ1n) is 11.0. The van der Waals surface area contributed by atoms with Crippen LogP contribution < -0.4 is 0 Å². The third kappa shape index (κ3) is 9.44. The molecule has 1 saturated heterocycles. The zero-order valence-electron chi connectivity index (χ0n) is 20.0. The minimum atomic E-state index is -5.08. The average molecular weight is 506 g/mol. The van der Waals surface area contributed by atoms with Crippen LogP contribution >= 0.6 is 0 Å². The van der Waals surface area contributed by atoms with Crippen LogP contribution in [-0.4, -0.2) is 87.8 Å². The lowest BCUT2D eigenvalue weighted by molar-refractivity contribution is -0.192. The van der Waals surface area contributed by atoms with Gasteiger partial charge in [0.1, 0.15) is 5.60 Å². The zero-order chi connectivity index (χ0) is 26.2. The van der Waals surface area contributed by atoms with Crippen LogP contribution in [0.5, 0.6) is 0 Å². The predicted molar refractivity (Wildman–Crippen MR) is 113 cm³/mol. The molecule has 0 unspecified atom stereocenters. The third-order valence-corrected chi connectivity index (χ3v) is 5.05. The molecule has 13 nitrogen and oxygen atoms in total. The van der Waals surface area contributed by atoms with Gasteiger partial charge in [0.25, 0.3) is 0 Å². The number of rotatable bonds is 2. The maximum absolute atomic E-state index is 11.8. The van der Waals surface area contributed by atoms with Gasteiger partial charge in [0.05, 0.1) is 7.05 Å². The lowest BCUT2D eigenvalue weighted by Gasteiger charge is -2.24. The Morgan fingerprint density at radius 1 is 1.06 bits per heavy atom. The first kappa shape index (κ1) is 27.9. The van der Waals surface area contributed by atoms with Gasteiger partial charge in [0.15, 0.2) is 11.6 Å². The van der Waals surface area contributed by atoms with Gasteiger partial charge in [-0.15, -0.1) is 20.4 Å². The SMILES string of the molecule is CC(C)(C)OC(=O)N1CC[C@@H](c2nn[nH]n2)C1.Cn1nnc(C2CCCC2)n1.O=C(O)C(F)(F)F. The molecule has 2 aliphatic rings. The number of likely N-dealkylation sites (tertiary alicyclic amines) is 1. The van der Waals surface area contributed by atoms with Crippen molar-refractivity contribution >= 4 is 12.1 Å². The first-order valence-corrected chi connectivity index (χ1v) is 11.0. The number of halogens is 3. The number of tetrazole rings is 2. The molecular formula is C19H30F3N9O4. The number of nitrogens with one attached hydrogen (secondary N) is 1. The number of carbonyl (C=O) groups excluding carboxylic acids is 1. The van der Waals surface area contributed by atoms with Crippen LogP contribution in [0.2, 0.25) is 0 Å². The molecule has 1 aliphatic carbocycles. The van der Waals surface area contributed by atoms with E-state index in [1.54, 1.807) is 4.90 Å². The van der Waals surface area contributed by atoms with E-state index < -0.39 is 17.7 Å². The van der Waals surface area contributed by atoms with Crippen molar-refractivity contribution in [3.05, 3.63) is 11.6 Å². The van der Waals surface area contributed by atoms with E-state index in [-0.39, 0.29) is 12.0 Å². The van der Waals surface area contributed by atoms with Gasteiger partial charge in [0, 0.05) is 24.9 Å². The summed E-state index contributed by atoms with van der Waals surface area (Å²) in [6.07, 6.45) is 0.616. The molecule has 196 valence electrons. The largest absolute Gasteiger partial charge is 0.490 e. The molecule has 2 N–H and O–H groups in total. The Kier molecular flexibility index (Phi) is 9.47. The highest BCUT2D eigenvalue weighted by Gasteiger charge is 2.38. The number of aromatic nitrogens is 8. The van der Waals surface area contributed by atoms with Gasteiger partial charge in [-0.2, -0.15) is 23.2 Å². The third-order valence-electron chi connectivity index (χ3n) is 5.05. The molecule has 1 saturated carbocycles. The van der Waals surface area contributed by atoms with Crippen molar-refractivity contribution in [1.82, 2.24) is 45.7 Å². The van der Waals surface area contributed by atoms with Gasteiger partial charge in [-0.1, -0.05) is 18.1 Å². The van der Waals surface area contributed by atoms with Gasteiger partial charge in [-0.05, 0) is 45.2 Å². The van der Waals surface area contributed by atoms with Crippen LogP contribution in [0.4, 0.5) is 18.0 Å². The van der Waals surface area contributed by atoms with E-state index in [0.29, 0.717) is 24.8 Å². The summed E-state index contributed by atoms with van der Waals surface area (Å²) < 4.78 is 37.0. The van der Waals surface area contributed by atoms with Crippen LogP contribution in [-0.2, 0) is 16.6 Å². The minimum absolute atomic E-state index is 0.154. The zero-order valence-corrected chi connectivity index (χ0v) is 20.0. The van der Waals surface area contributed by atoms with E-state index >= 15 is 0 Å². The molecule has 35 heavy (non-hydrogen) atoms. The summed E-state index contributed by atoms with van der Waals surface area (Å²) in [4.78, 5) is 23.9. The molecule has 0 spiro atoms. The van der Waals surface area contributed by atoms with Gasteiger partial charge >= 0.3 is 18.2 Å². The average Bonchev–Trinajstić information content (AvgIpc) is 3.53. The standard InChI is InChI=1S/C10H17N5O2.C7H12N4.C2HF3O2/c1-10(2,3)17-9(16)15-5-4-7(6-15)8-11-13-14-12-8;1-11-9-7(8-10-11)6-4-2-3-5-6;3-2(4,5)1(6)7/h7H,4-6H2,1-3H3,(H,11,12,13,14);6H,2-5H2,1H3;(H,6,7)/t7-;;/m1../s1. The van der Waals surface area contributed by atoms with Crippen LogP contribution in [0.25, 0.3) is 0 Å². The number of carboxylic acid groups (broad SMARTS) is 1. The van der Waals surface area contributed by atoms with Crippen molar-refractivity contribution in [3.8, 4) is 0 Å². The number of carbonyl (C=O) groups is 2. The van der Waals surface area contributed by atoms with Crippen LogP contribution in [0.1, 0.15) is 76.4 Å². The van der Waals surface area contributed by atoms with Crippen LogP contribution in [0.3, 0.4) is 0 Å². The minimum Gasteiger partial charge on any atom is -0.475 e. The lowest BCUT2D eigenvalue weighted by Crippen LogP contribution is -2.35. The molecular weight excluding hydrogens is 475 g/mol. The molecule has 1 aliphatic heterocycles. The van der Waals surface area contributed by atoms with E-state index in [1.807, 2.05) is 27.8 Å². The highest BCUT2D eigenvalue weighted by atomic mass is 19.4. The van der Waals surface area contributed by atoms with E-state index in [1.165, 1.54) is 30.5 Å². The number of aromatic amines is 1. The summed E-state index contributed by atoms with van der Waals surface area (Å²) in [6, 6.07) is 0. The van der Waals surface area contributed by atoms with Gasteiger partial charge in [-0.25, -0.2) is 9.59 Å². The summed E-state index contributed by atoms with van der Waals surface area (Å²) in [7, 11) is 1.81. The number of hydrogen-bond donors (Lipinski definition) is 2. The Bertz CT molecular complexity index is 938. The molecule has 1 atom stereocenters. The number of aryl methyl sites for hydroxylation is 1. The normalized spacial score (nSPS) is 18.4. The van der Waals surface area contributed by atoms with Crippen molar-refractivity contribution in [1.29, 1.82) is 0 Å². The second-order valence-corrected chi connectivity index (χ2v) is 9.10. The molecule has 1 amide bonds.